The number of aryl methyl sites for hydroxylation is 1. The van der Waals surface area contributed by atoms with Crippen molar-refractivity contribution >= 4 is 68.1 Å². The first kappa shape index (κ1) is 27.1. The predicted octanol–water partition coefficient (Wildman–Crippen LogP) is 7.63. The van der Waals surface area contributed by atoms with Gasteiger partial charge in [0.05, 0.1) is 27.4 Å². The van der Waals surface area contributed by atoms with Gasteiger partial charge in [0.15, 0.2) is 5.16 Å². The first-order chi connectivity index (χ1) is 18.0. The van der Waals surface area contributed by atoms with Crippen LogP contribution in [-0.4, -0.2) is 21.2 Å². The van der Waals surface area contributed by atoms with Crippen molar-refractivity contribution < 1.29 is 18.0 Å². The number of nitrogens with one attached hydrogen (secondary N) is 1. The topological polar surface area (TPSA) is 64.0 Å². The third kappa shape index (κ3) is 5.45. The minimum absolute atomic E-state index is 0.0224. The third-order valence-electron chi connectivity index (χ3n) is 6.27. The van der Waals surface area contributed by atoms with Gasteiger partial charge in [0.2, 0.25) is 5.91 Å². The summed E-state index contributed by atoms with van der Waals surface area (Å²) in [6.45, 7) is 2.14. The average molecular weight is 598 g/mol. The second-order valence-electron chi connectivity index (χ2n) is 9.07. The molecule has 1 aliphatic rings. The average Bonchev–Trinajstić information content (AvgIpc) is 3.21. The third-order valence-corrected chi connectivity index (χ3v) is 8.94. The summed E-state index contributed by atoms with van der Waals surface area (Å²) in [6, 6.07) is 9.87. The van der Waals surface area contributed by atoms with Crippen molar-refractivity contribution in [2.24, 2.45) is 5.92 Å². The quantitative estimate of drug-likeness (QED) is 0.190. The Hall–Kier alpha value is -2.53. The molecular formula is C26H20Cl2F3N3O2S2. The van der Waals surface area contributed by atoms with Crippen LogP contribution in [0.5, 0.6) is 0 Å². The molecule has 0 saturated heterocycles. The highest BCUT2D eigenvalue weighted by Gasteiger charge is 2.34. The van der Waals surface area contributed by atoms with E-state index < -0.39 is 22.3 Å². The van der Waals surface area contributed by atoms with Gasteiger partial charge in [0, 0.05) is 15.6 Å². The number of thiophene rings is 1. The molecule has 12 heteroatoms. The predicted molar refractivity (Wildman–Crippen MR) is 147 cm³/mol. The highest BCUT2D eigenvalue weighted by atomic mass is 35.5. The number of anilines is 1. The smallest absolute Gasteiger partial charge is 0.325 e. The van der Waals surface area contributed by atoms with Crippen LogP contribution in [0.3, 0.4) is 0 Å². The van der Waals surface area contributed by atoms with Crippen molar-refractivity contribution in [2.75, 3.05) is 11.1 Å². The first-order valence-corrected chi connectivity index (χ1v) is 14.2. The molecule has 0 unspecified atom stereocenters. The lowest BCUT2D eigenvalue weighted by molar-refractivity contribution is -0.137. The van der Waals surface area contributed by atoms with Crippen molar-refractivity contribution in [3.8, 4) is 5.69 Å². The van der Waals surface area contributed by atoms with Crippen molar-refractivity contribution in [1.29, 1.82) is 0 Å². The molecule has 0 bridgehead atoms. The van der Waals surface area contributed by atoms with Gasteiger partial charge in [0.25, 0.3) is 5.56 Å². The van der Waals surface area contributed by atoms with Crippen LogP contribution in [0.4, 0.5) is 18.9 Å². The fourth-order valence-electron chi connectivity index (χ4n) is 4.43. The molecule has 4 aromatic rings. The summed E-state index contributed by atoms with van der Waals surface area (Å²) in [5.74, 6) is -0.0269. The number of hydrogen-bond donors (Lipinski definition) is 1. The first-order valence-electron chi connectivity index (χ1n) is 11.6. The van der Waals surface area contributed by atoms with Crippen LogP contribution < -0.4 is 10.9 Å². The molecule has 0 spiro atoms. The molecule has 198 valence electrons. The summed E-state index contributed by atoms with van der Waals surface area (Å²) in [7, 11) is 0. The Morgan fingerprint density at radius 2 is 1.95 bits per heavy atom. The molecule has 2 aromatic carbocycles. The lowest BCUT2D eigenvalue weighted by Gasteiger charge is -2.18. The van der Waals surface area contributed by atoms with Crippen LogP contribution in [0.2, 0.25) is 10.0 Å². The van der Waals surface area contributed by atoms with Gasteiger partial charge in [-0.05, 0) is 73.2 Å². The van der Waals surface area contributed by atoms with Crippen molar-refractivity contribution in [2.45, 2.75) is 37.5 Å². The van der Waals surface area contributed by atoms with Gasteiger partial charge in [-0.3, -0.25) is 14.2 Å². The fourth-order valence-corrected chi connectivity index (χ4v) is 7.01. The van der Waals surface area contributed by atoms with E-state index in [9.17, 15) is 22.8 Å². The number of alkyl halides is 3. The van der Waals surface area contributed by atoms with Crippen molar-refractivity contribution in [3.63, 3.8) is 0 Å². The fraction of sp³-hybridized carbons (Fsp3) is 0.269. The molecule has 0 fully saturated rings. The van der Waals surface area contributed by atoms with E-state index >= 15 is 0 Å². The number of amides is 1. The van der Waals surface area contributed by atoms with Gasteiger partial charge in [-0.2, -0.15) is 13.2 Å². The summed E-state index contributed by atoms with van der Waals surface area (Å²) >= 11 is 14.1. The van der Waals surface area contributed by atoms with E-state index in [0.29, 0.717) is 33.3 Å². The molecule has 5 rings (SSSR count). The Morgan fingerprint density at radius 3 is 2.66 bits per heavy atom. The van der Waals surface area contributed by atoms with Gasteiger partial charge in [-0.1, -0.05) is 41.9 Å². The summed E-state index contributed by atoms with van der Waals surface area (Å²) in [4.78, 5) is 32.8. The molecule has 38 heavy (non-hydrogen) atoms. The van der Waals surface area contributed by atoms with Crippen LogP contribution in [0.15, 0.2) is 52.4 Å². The number of halogens is 5. The van der Waals surface area contributed by atoms with E-state index in [0.717, 1.165) is 51.7 Å². The lowest BCUT2D eigenvalue weighted by Crippen LogP contribution is -2.24. The molecule has 1 amide bonds. The van der Waals surface area contributed by atoms with Crippen LogP contribution in [-0.2, 0) is 23.8 Å². The van der Waals surface area contributed by atoms with Crippen molar-refractivity contribution in [1.82, 2.24) is 9.55 Å². The van der Waals surface area contributed by atoms with E-state index in [1.54, 1.807) is 24.3 Å². The van der Waals surface area contributed by atoms with Crippen LogP contribution in [0.1, 0.15) is 29.3 Å². The van der Waals surface area contributed by atoms with E-state index in [4.69, 9.17) is 23.2 Å². The van der Waals surface area contributed by atoms with E-state index in [1.807, 2.05) is 0 Å². The van der Waals surface area contributed by atoms with Gasteiger partial charge < -0.3 is 5.32 Å². The second kappa shape index (κ2) is 10.6. The summed E-state index contributed by atoms with van der Waals surface area (Å²) < 4.78 is 42.1. The van der Waals surface area contributed by atoms with Gasteiger partial charge >= 0.3 is 6.18 Å². The normalized spacial score (nSPS) is 15.5. The highest BCUT2D eigenvalue weighted by molar-refractivity contribution is 7.99. The maximum Gasteiger partial charge on any atom is 0.417 e. The SMILES string of the molecule is C[C@@H]1CCc2c(sc3nc(SCC(=O)Nc4ccc(Cl)cc4)n(-c4ccc(Cl)c(C(F)(F)F)c4)c(=O)c23)C1. The molecule has 0 saturated carbocycles. The number of thioether (sulfide) groups is 1. The number of carbonyl (C=O) groups excluding carboxylic acids is 1. The summed E-state index contributed by atoms with van der Waals surface area (Å²) in [6.07, 6.45) is -2.27. The molecule has 1 atom stereocenters. The summed E-state index contributed by atoms with van der Waals surface area (Å²) in [5.41, 5.74) is -0.0880. The minimum Gasteiger partial charge on any atom is -0.325 e. The zero-order chi connectivity index (χ0) is 27.2. The van der Waals surface area contributed by atoms with Gasteiger partial charge in [-0.25, -0.2) is 4.98 Å². The van der Waals surface area contributed by atoms with Gasteiger partial charge in [-0.15, -0.1) is 11.3 Å². The molecule has 1 N–H and O–H groups in total. The largest absolute Gasteiger partial charge is 0.417 e. The van der Waals surface area contributed by atoms with E-state index in [1.165, 1.54) is 17.4 Å². The second-order valence-corrected chi connectivity index (χ2v) is 11.9. The number of rotatable bonds is 5. The lowest BCUT2D eigenvalue weighted by atomic mass is 9.89. The Kier molecular flexibility index (Phi) is 7.52. The Labute approximate surface area is 234 Å². The number of fused-ring (bicyclic) bond motifs is 3. The van der Waals surface area contributed by atoms with E-state index in [2.05, 4.69) is 17.2 Å². The maximum absolute atomic E-state index is 13.9. The zero-order valence-electron chi connectivity index (χ0n) is 19.9. The molecule has 0 radical (unpaired) electrons. The monoisotopic (exact) mass is 597 g/mol. The van der Waals surface area contributed by atoms with Gasteiger partial charge in [0.1, 0.15) is 4.83 Å². The molecule has 1 aliphatic carbocycles. The summed E-state index contributed by atoms with van der Waals surface area (Å²) in [5, 5.41) is 3.33. The zero-order valence-corrected chi connectivity index (χ0v) is 23.0. The molecule has 2 aromatic heterocycles. The molecule has 0 aliphatic heterocycles. The number of carbonyl (C=O) groups is 1. The molecule has 5 nitrogen and oxygen atoms in total. The Morgan fingerprint density at radius 1 is 1.21 bits per heavy atom. The minimum atomic E-state index is -4.71. The number of nitrogens with zero attached hydrogens (tertiary/aromatic N) is 2. The number of aromatic nitrogens is 2. The van der Waals surface area contributed by atoms with E-state index in [-0.39, 0.29) is 22.5 Å². The van der Waals surface area contributed by atoms with Crippen molar-refractivity contribution in [3.05, 3.63) is 78.9 Å². The Balaban J connectivity index is 1.58. The Bertz CT molecular complexity index is 1600. The molecular weight excluding hydrogens is 578 g/mol. The van der Waals surface area contributed by atoms with Crippen LogP contribution >= 0.6 is 46.3 Å². The molecule has 2 heterocycles. The highest BCUT2D eigenvalue weighted by Crippen LogP contribution is 2.39. The maximum atomic E-state index is 13.9. The van der Waals surface area contributed by atoms with Crippen LogP contribution in [0, 0.1) is 5.92 Å². The number of hydrogen-bond acceptors (Lipinski definition) is 5. The van der Waals surface area contributed by atoms with Crippen LogP contribution in [0.25, 0.3) is 15.9 Å². The number of benzene rings is 2. The standard InChI is InChI=1S/C26H20Cl2F3N3O2S2/c1-13-2-8-17-20(10-13)38-23-22(17)24(36)34(16-7-9-19(28)18(11-16)26(29,30)31)25(33-23)37-12-21(35)32-15-5-3-14(27)4-6-15/h3-7,9,11,13H,2,8,10,12H2,1H3,(H,32,35)/t13-/m1/s1.